The van der Waals surface area contributed by atoms with Crippen LogP contribution >= 0.6 is 0 Å². The molecule has 0 amide bonds. The molecule has 0 aliphatic carbocycles. The van der Waals surface area contributed by atoms with Crippen molar-refractivity contribution in [2.75, 3.05) is 32.7 Å². The van der Waals surface area contributed by atoms with Gasteiger partial charge < -0.3 is 16.0 Å². The number of aliphatic imine (C=N–C) groups is 1. The smallest absolute Gasteiger partial charge is 0.188 e. The summed E-state index contributed by atoms with van der Waals surface area (Å²) in [5.41, 5.74) is 5.82. The van der Waals surface area contributed by atoms with Crippen molar-refractivity contribution in [3.63, 3.8) is 0 Å². The maximum atomic E-state index is 5.82. The van der Waals surface area contributed by atoms with Crippen LogP contribution in [0, 0.1) is 5.92 Å². The first kappa shape index (κ1) is 18.2. The maximum Gasteiger partial charge on any atom is 0.188 e. The average molecular weight is 270 g/mol. The van der Waals surface area contributed by atoms with Gasteiger partial charge in [-0.1, -0.05) is 27.7 Å². The van der Waals surface area contributed by atoms with Crippen molar-refractivity contribution in [1.29, 1.82) is 0 Å². The fraction of sp³-hybridized carbons (Fsp3) is 0.933. The summed E-state index contributed by atoms with van der Waals surface area (Å²) >= 11 is 0. The van der Waals surface area contributed by atoms with Crippen molar-refractivity contribution in [2.24, 2.45) is 16.6 Å². The highest BCUT2D eigenvalue weighted by Crippen LogP contribution is 1.97. The minimum atomic E-state index is 0.596. The van der Waals surface area contributed by atoms with E-state index in [1.165, 1.54) is 25.9 Å². The van der Waals surface area contributed by atoms with E-state index in [4.69, 9.17) is 5.73 Å². The summed E-state index contributed by atoms with van der Waals surface area (Å²) in [6.45, 7) is 14.2. The average Bonchev–Trinajstić information content (AvgIpc) is 2.34. The van der Waals surface area contributed by atoms with Crippen LogP contribution in [0.3, 0.4) is 0 Å². The molecule has 19 heavy (non-hydrogen) atoms. The van der Waals surface area contributed by atoms with Crippen LogP contribution in [-0.2, 0) is 0 Å². The summed E-state index contributed by atoms with van der Waals surface area (Å²) in [6.07, 6.45) is 4.67. The number of nitrogens with one attached hydrogen (secondary N) is 1. The summed E-state index contributed by atoms with van der Waals surface area (Å²) < 4.78 is 0. The molecule has 0 aromatic rings. The molecule has 0 heterocycles. The van der Waals surface area contributed by atoms with Gasteiger partial charge in [-0.2, -0.15) is 0 Å². The number of rotatable bonds is 11. The maximum absolute atomic E-state index is 5.82. The van der Waals surface area contributed by atoms with E-state index in [1.54, 1.807) is 0 Å². The standard InChI is InChI=1S/C15H34N4/c1-5-11-19(12-6-2)13-7-9-17-15(16)18-10-8-14(3)4/h14H,5-13H2,1-4H3,(H3,16,17,18). The second-order valence-electron chi connectivity index (χ2n) is 5.57. The van der Waals surface area contributed by atoms with E-state index in [2.05, 4.69) is 42.9 Å². The van der Waals surface area contributed by atoms with Crippen LogP contribution in [0.2, 0.25) is 0 Å². The van der Waals surface area contributed by atoms with Crippen LogP contribution in [0.1, 0.15) is 53.4 Å². The first-order valence-electron chi connectivity index (χ1n) is 7.86. The fourth-order valence-corrected chi connectivity index (χ4v) is 2.01. The van der Waals surface area contributed by atoms with Crippen molar-refractivity contribution < 1.29 is 0 Å². The summed E-state index contributed by atoms with van der Waals surface area (Å²) in [5, 5.41) is 3.17. The van der Waals surface area contributed by atoms with Gasteiger partial charge in [-0.3, -0.25) is 4.99 Å². The van der Waals surface area contributed by atoms with Gasteiger partial charge in [0.15, 0.2) is 5.96 Å². The number of nitrogens with two attached hydrogens (primary N) is 1. The highest BCUT2D eigenvalue weighted by Gasteiger charge is 2.01. The van der Waals surface area contributed by atoms with Crippen molar-refractivity contribution in [2.45, 2.75) is 53.4 Å². The topological polar surface area (TPSA) is 53.6 Å². The molecule has 0 aromatic carbocycles. The van der Waals surface area contributed by atoms with E-state index in [0.29, 0.717) is 11.9 Å². The predicted octanol–water partition coefficient (Wildman–Crippen LogP) is 2.45. The Hall–Kier alpha value is -0.770. The van der Waals surface area contributed by atoms with Crippen LogP contribution in [0.25, 0.3) is 0 Å². The number of hydrogen-bond donors (Lipinski definition) is 2. The van der Waals surface area contributed by atoms with Gasteiger partial charge in [-0.25, -0.2) is 0 Å². The first-order valence-corrected chi connectivity index (χ1v) is 7.86. The quantitative estimate of drug-likeness (QED) is 0.344. The van der Waals surface area contributed by atoms with Gasteiger partial charge in [0.05, 0.1) is 0 Å². The number of nitrogens with zero attached hydrogens (tertiary/aromatic N) is 2. The summed E-state index contributed by atoms with van der Waals surface area (Å²) in [4.78, 5) is 6.88. The molecular weight excluding hydrogens is 236 g/mol. The minimum Gasteiger partial charge on any atom is -0.370 e. The zero-order valence-corrected chi connectivity index (χ0v) is 13.4. The zero-order valence-electron chi connectivity index (χ0n) is 13.4. The summed E-state index contributed by atoms with van der Waals surface area (Å²) in [6, 6.07) is 0. The van der Waals surface area contributed by atoms with Crippen LogP contribution in [-0.4, -0.2) is 43.6 Å². The molecule has 0 fully saturated rings. The molecule has 4 nitrogen and oxygen atoms in total. The Kier molecular flexibility index (Phi) is 11.8. The van der Waals surface area contributed by atoms with Crippen LogP contribution in [0.15, 0.2) is 4.99 Å². The third kappa shape index (κ3) is 12.0. The Balaban J connectivity index is 3.68. The lowest BCUT2D eigenvalue weighted by molar-refractivity contribution is 0.273. The summed E-state index contributed by atoms with van der Waals surface area (Å²) in [7, 11) is 0. The molecule has 114 valence electrons. The fourth-order valence-electron chi connectivity index (χ4n) is 2.01. The summed E-state index contributed by atoms with van der Waals surface area (Å²) in [5.74, 6) is 1.30. The molecule has 4 heteroatoms. The normalized spacial score (nSPS) is 12.4. The molecule has 3 N–H and O–H groups in total. The van der Waals surface area contributed by atoms with Crippen LogP contribution in [0.5, 0.6) is 0 Å². The molecule has 0 aromatic heterocycles. The van der Waals surface area contributed by atoms with E-state index in [1.807, 2.05) is 0 Å². The number of hydrogen-bond acceptors (Lipinski definition) is 2. The van der Waals surface area contributed by atoms with Gasteiger partial charge in [0.1, 0.15) is 0 Å². The highest BCUT2D eigenvalue weighted by atomic mass is 15.1. The molecule has 0 atom stereocenters. The van der Waals surface area contributed by atoms with Gasteiger partial charge in [0, 0.05) is 13.1 Å². The van der Waals surface area contributed by atoms with Gasteiger partial charge in [0.25, 0.3) is 0 Å². The minimum absolute atomic E-state index is 0.596. The Labute approximate surface area is 119 Å². The second kappa shape index (κ2) is 12.3. The molecule has 0 spiro atoms. The van der Waals surface area contributed by atoms with Crippen LogP contribution in [0.4, 0.5) is 0 Å². The Morgan fingerprint density at radius 2 is 1.79 bits per heavy atom. The van der Waals surface area contributed by atoms with Crippen molar-refractivity contribution in [1.82, 2.24) is 10.2 Å². The molecule has 0 radical (unpaired) electrons. The lowest BCUT2D eigenvalue weighted by atomic mass is 10.1. The van der Waals surface area contributed by atoms with Gasteiger partial charge in [0.2, 0.25) is 0 Å². The van der Waals surface area contributed by atoms with Crippen molar-refractivity contribution >= 4 is 5.96 Å². The van der Waals surface area contributed by atoms with Gasteiger partial charge in [-0.05, 0) is 51.2 Å². The van der Waals surface area contributed by atoms with E-state index < -0.39 is 0 Å². The molecule has 0 saturated heterocycles. The predicted molar refractivity (Wildman–Crippen MR) is 85.6 cm³/mol. The van der Waals surface area contributed by atoms with Crippen LogP contribution < -0.4 is 11.1 Å². The zero-order chi connectivity index (χ0) is 14.5. The number of guanidine groups is 1. The molecular formula is C15H34N4. The first-order chi connectivity index (χ1) is 9.10. The molecule has 0 rings (SSSR count). The van der Waals surface area contributed by atoms with Crippen molar-refractivity contribution in [3.05, 3.63) is 0 Å². The molecule has 0 bridgehead atoms. The van der Waals surface area contributed by atoms with E-state index in [0.717, 1.165) is 32.5 Å². The largest absolute Gasteiger partial charge is 0.370 e. The molecule has 0 saturated carbocycles. The molecule has 0 aliphatic heterocycles. The second-order valence-corrected chi connectivity index (χ2v) is 5.57. The van der Waals surface area contributed by atoms with Gasteiger partial charge in [-0.15, -0.1) is 0 Å². The van der Waals surface area contributed by atoms with E-state index >= 15 is 0 Å². The van der Waals surface area contributed by atoms with Crippen molar-refractivity contribution in [3.8, 4) is 0 Å². The Morgan fingerprint density at radius 3 is 2.32 bits per heavy atom. The third-order valence-corrected chi connectivity index (χ3v) is 3.02. The van der Waals surface area contributed by atoms with E-state index in [9.17, 15) is 0 Å². The lowest BCUT2D eigenvalue weighted by Crippen LogP contribution is -2.33. The molecule has 0 unspecified atom stereocenters. The monoisotopic (exact) mass is 270 g/mol. The Bertz CT molecular complexity index is 220. The lowest BCUT2D eigenvalue weighted by Gasteiger charge is -2.20. The third-order valence-electron chi connectivity index (χ3n) is 3.02. The Morgan fingerprint density at radius 1 is 1.16 bits per heavy atom. The van der Waals surface area contributed by atoms with Gasteiger partial charge >= 0.3 is 0 Å². The van der Waals surface area contributed by atoms with E-state index in [-0.39, 0.29) is 0 Å². The highest BCUT2D eigenvalue weighted by molar-refractivity contribution is 5.77. The molecule has 0 aliphatic rings. The SMILES string of the molecule is CCCN(CCC)CCCN=C(N)NCCC(C)C.